The third-order valence-electron chi connectivity index (χ3n) is 4.55. The van der Waals surface area contributed by atoms with Gasteiger partial charge in [-0.2, -0.15) is 5.26 Å². The Morgan fingerprint density at radius 3 is 2.83 bits per heavy atom. The van der Waals surface area contributed by atoms with Crippen LogP contribution in [0.5, 0.6) is 5.75 Å². The Kier molecular flexibility index (Phi) is 5.27. The lowest BCUT2D eigenvalue weighted by Gasteiger charge is -2.06. The van der Waals surface area contributed by atoms with E-state index < -0.39 is 0 Å². The van der Waals surface area contributed by atoms with Crippen LogP contribution in [-0.2, 0) is 17.8 Å². The van der Waals surface area contributed by atoms with Gasteiger partial charge in [0.2, 0.25) is 5.91 Å². The van der Waals surface area contributed by atoms with Gasteiger partial charge in [-0.25, -0.2) is 4.98 Å². The Bertz CT molecular complexity index is 1200. The number of methoxy groups -OCH3 is 1. The molecule has 2 heterocycles. The highest BCUT2D eigenvalue weighted by Crippen LogP contribution is 2.23. The minimum absolute atomic E-state index is 0.127. The van der Waals surface area contributed by atoms with Crippen LogP contribution in [0.15, 0.2) is 60.9 Å². The summed E-state index contributed by atoms with van der Waals surface area (Å²) in [6.45, 7) is 0.209. The largest absolute Gasteiger partial charge is 0.497 e. The highest BCUT2D eigenvalue weighted by Gasteiger charge is 2.10. The number of ether oxygens (including phenoxy) is 1. The zero-order valence-electron chi connectivity index (χ0n) is 15.8. The molecule has 0 atom stereocenters. The van der Waals surface area contributed by atoms with Gasteiger partial charge in [0, 0.05) is 34.6 Å². The maximum Gasteiger partial charge on any atom is 0.246 e. The Balaban J connectivity index is 1.39. The van der Waals surface area contributed by atoms with Crippen molar-refractivity contribution in [3.8, 4) is 11.8 Å². The molecular weight excluding hydrogens is 384 g/mol. The molecule has 4 rings (SSSR count). The lowest BCUT2D eigenvalue weighted by atomic mass is 10.1. The van der Waals surface area contributed by atoms with Crippen molar-refractivity contribution < 1.29 is 9.53 Å². The summed E-state index contributed by atoms with van der Waals surface area (Å²) in [4.78, 5) is 17.8. The molecule has 0 unspecified atom stereocenters. The van der Waals surface area contributed by atoms with Gasteiger partial charge < -0.3 is 14.6 Å². The number of hydrogen-bond acceptors (Lipinski definition) is 5. The number of nitrogens with zero attached hydrogens (tertiary/aromatic N) is 3. The van der Waals surface area contributed by atoms with Gasteiger partial charge >= 0.3 is 0 Å². The zero-order valence-corrected chi connectivity index (χ0v) is 16.6. The molecule has 0 aliphatic rings. The van der Waals surface area contributed by atoms with Crippen LogP contribution < -0.4 is 10.1 Å². The second-order valence-electron chi connectivity index (χ2n) is 6.53. The number of rotatable bonds is 6. The molecule has 0 saturated carbocycles. The summed E-state index contributed by atoms with van der Waals surface area (Å²) >= 11 is 1.45. The minimum Gasteiger partial charge on any atom is -0.497 e. The molecule has 7 heteroatoms. The molecule has 0 aliphatic heterocycles. The average molecular weight is 402 g/mol. The number of carbonyl (C=O) groups is 1. The van der Waals surface area contributed by atoms with Crippen molar-refractivity contribution in [1.82, 2.24) is 9.55 Å². The van der Waals surface area contributed by atoms with Gasteiger partial charge in [-0.15, -0.1) is 11.3 Å². The number of nitriles is 1. The predicted molar refractivity (Wildman–Crippen MR) is 113 cm³/mol. The average Bonchev–Trinajstić information content (AvgIpc) is 3.35. The lowest BCUT2D eigenvalue weighted by Crippen LogP contribution is -2.18. The van der Waals surface area contributed by atoms with Gasteiger partial charge in [0.05, 0.1) is 18.7 Å². The Labute approximate surface area is 172 Å². The molecular formula is C22H18N4O2S. The van der Waals surface area contributed by atoms with Gasteiger partial charge in [-0.1, -0.05) is 12.1 Å². The number of fused-ring (bicyclic) bond motifs is 1. The fourth-order valence-corrected chi connectivity index (χ4v) is 3.96. The van der Waals surface area contributed by atoms with Crippen molar-refractivity contribution in [2.75, 3.05) is 12.4 Å². The van der Waals surface area contributed by atoms with Crippen molar-refractivity contribution in [2.24, 2.45) is 0 Å². The maximum absolute atomic E-state index is 12.5. The van der Waals surface area contributed by atoms with Crippen molar-refractivity contribution in [1.29, 1.82) is 5.26 Å². The number of anilines is 1. The number of hydrogen-bond donors (Lipinski definition) is 1. The first-order valence-corrected chi connectivity index (χ1v) is 9.83. The first-order valence-electron chi connectivity index (χ1n) is 9.01. The Hall–Kier alpha value is -3.63. The highest BCUT2D eigenvalue weighted by molar-refractivity contribution is 7.15. The van der Waals surface area contributed by atoms with E-state index in [-0.39, 0.29) is 12.5 Å². The fraction of sp³-hybridized carbons (Fsp3) is 0.136. The molecule has 144 valence electrons. The summed E-state index contributed by atoms with van der Waals surface area (Å²) in [5, 5.41) is 13.4. The van der Waals surface area contributed by atoms with Gasteiger partial charge in [0.25, 0.3) is 0 Å². The van der Waals surface area contributed by atoms with Gasteiger partial charge in [0.1, 0.15) is 12.3 Å². The van der Waals surface area contributed by atoms with Crippen molar-refractivity contribution in [3.63, 3.8) is 0 Å². The van der Waals surface area contributed by atoms with Crippen LogP contribution in [0.2, 0.25) is 0 Å². The van der Waals surface area contributed by atoms with Crippen molar-refractivity contribution in [2.45, 2.75) is 13.0 Å². The molecule has 0 radical (unpaired) electrons. The predicted octanol–water partition coefficient (Wildman–Crippen LogP) is 4.21. The molecule has 1 N–H and O–H groups in total. The number of benzene rings is 2. The van der Waals surface area contributed by atoms with E-state index in [9.17, 15) is 4.79 Å². The third kappa shape index (κ3) is 4.28. The van der Waals surface area contributed by atoms with E-state index in [1.165, 1.54) is 11.3 Å². The first-order chi connectivity index (χ1) is 14.1. The summed E-state index contributed by atoms with van der Waals surface area (Å²) in [6, 6.07) is 17.3. The van der Waals surface area contributed by atoms with Crippen LogP contribution >= 0.6 is 11.3 Å². The van der Waals surface area contributed by atoms with Crippen LogP contribution in [0.4, 0.5) is 5.13 Å². The maximum atomic E-state index is 12.5. The van der Waals surface area contributed by atoms with Crippen LogP contribution in [-0.4, -0.2) is 22.6 Å². The van der Waals surface area contributed by atoms with E-state index in [1.54, 1.807) is 25.4 Å². The molecule has 0 saturated heterocycles. The Morgan fingerprint density at radius 1 is 1.24 bits per heavy atom. The van der Waals surface area contributed by atoms with E-state index >= 15 is 0 Å². The van der Waals surface area contributed by atoms with Crippen molar-refractivity contribution in [3.05, 3.63) is 76.9 Å². The normalized spacial score (nSPS) is 10.6. The molecule has 0 fully saturated rings. The standard InChI is InChI=1S/C22H18N4O2S/c1-28-18-6-7-20-17(11-18)8-9-26(20)14-21(27)25-22-24-13-19(29-22)10-15-2-4-16(12-23)5-3-15/h2-9,11,13H,10,14H2,1H3,(H,24,25,27). The van der Waals surface area contributed by atoms with E-state index in [0.29, 0.717) is 17.1 Å². The highest BCUT2D eigenvalue weighted by atomic mass is 32.1. The Morgan fingerprint density at radius 2 is 2.07 bits per heavy atom. The van der Waals surface area contributed by atoms with Crippen LogP contribution in [0.25, 0.3) is 10.9 Å². The second-order valence-corrected chi connectivity index (χ2v) is 7.65. The number of amides is 1. The number of nitrogens with one attached hydrogen (secondary N) is 1. The van der Waals surface area contributed by atoms with E-state index in [1.807, 2.05) is 47.2 Å². The molecule has 0 aliphatic carbocycles. The first kappa shape index (κ1) is 18.7. The quantitative estimate of drug-likeness (QED) is 0.524. The fourth-order valence-electron chi connectivity index (χ4n) is 3.10. The van der Waals surface area contributed by atoms with Crippen LogP contribution in [0.3, 0.4) is 0 Å². The number of aromatic nitrogens is 2. The van der Waals surface area contributed by atoms with E-state index in [4.69, 9.17) is 10.00 Å². The SMILES string of the molecule is COc1ccc2c(ccn2CC(=O)Nc2ncc(Cc3ccc(C#N)cc3)s2)c1. The summed E-state index contributed by atoms with van der Waals surface area (Å²) in [5.74, 6) is 0.662. The molecule has 1 amide bonds. The smallest absolute Gasteiger partial charge is 0.246 e. The summed E-state index contributed by atoms with van der Waals surface area (Å²) in [6.07, 6.45) is 4.38. The van der Waals surface area contributed by atoms with E-state index in [0.717, 1.165) is 27.1 Å². The van der Waals surface area contributed by atoms with Gasteiger partial charge in [0.15, 0.2) is 5.13 Å². The van der Waals surface area contributed by atoms with Crippen LogP contribution in [0.1, 0.15) is 16.0 Å². The molecule has 0 spiro atoms. The number of carbonyl (C=O) groups excluding carboxylic acids is 1. The topological polar surface area (TPSA) is 79.9 Å². The molecule has 2 aromatic heterocycles. The van der Waals surface area contributed by atoms with Crippen LogP contribution in [0, 0.1) is 11.3 Å². The molecule has 6 nitrogen and oxygen atoms in total. The lowest BCUT2D eigenvalue weighted by molar-refractivity contribution is -0.116. The summed E-state index contributed by atoms with van der Waals surface area (Å²) in [5.41, 5.74) is 2.71. The summed E-state index contributed by atoms with van der Waals surface area (Å²) < 4.78 is 7.14. The monoisotopic (exact) mass is 402 g/mol. The van der Waals surface area contributed by atoms with Crippen molar-refractivity contribution >= 4 is 33.3 Å². The number of thiazole rings is 1. The zero-order chi connectivity index (χ0) is 20.2. The third-order valence-corrected chi connectivity index (χ3v) is 5.47. The van der Waals surface area contributed by atoms with Gasteiger partial charge in [-0.05, 0) is 42.0 Å². The summed E-state index contributed by atoms with van der Waals surface area (Å²) in [7, 11) is 1.63. The minimum atomic E-state index is -0.127. The molecule has 2 aromatic carbocycles. The van der Waals surface area contributed by atoms with E-state index in [2.05, 4.69) is 16.4 Å². The second kappa shape index (κ2) is 8.17. The molecule has 29 heavy (non-hydrogen) atoms. The molecule has 0 bridgehead atoms. The van der Waals surface area contributed by atoms with Gasteiger partial charge in [-0.3, -0.25) is 4.79 Å². The molecule has 4 aromatic rings.